The lowest BCUT2D eigenvalue weighted by atomic mass is 9.46. The molecular weight excluding hydrogens is 344 g/mol. The molecule has 0 bridgehead atoms. The van der Waals surface area contributed by atoms with Gasteiger partial charge in [-0.1, -0.05) is 6.92 Å². The zero-order chi connectivity index (χ0) is 18.4. The summed E-state index contributed by atoms with van der Waals surface area (Å²) < 4.78 is 23.0. The van der Waals surface area contributed by atoms with Crippen molar-refractivity contribution in [3.05, 3.63) is 11.6 Å². The Balaban J connectivity index is 1.60. The molecule has 0 aromatic rings. The molecule has 0 radical (unpaired) electrons. The highest BCUT2D eigenvalue weighted by molar-refractivity contribution is 5.88. The molecule has 7 unspecified atom stereocenters. The van der Waals surface area contributed by atoms with Crippen LogP contribution in [-0.2, 0) is 28.5 Å². The fraction of sp³-hybridized carbons (Fsp3) is 0.778. The number of hydrogen-bond acceptors (Lipinski definition) is 8. The van der Waals surface area contributed by atoms with Gasteiger partial charge in [0.2, 0.25) is 0 Å². The summed E-state index contributed by atoms with van der Waals surface area (Å²) in [5, 5.41) is 21.0. The topological polar surface area (TPSA) is 118 Å². The van der Waals surface area contributed by atoms with Gasteiger partial charge >= 0.3 is 11.9 Å². The number of carbonyl (C=O) groups is 2. The van der Waals surface area contributed by atoms with Gasteiger partial charge in [0, 0.05) is 17.4 Å². The maximum absolute atomic E-state index is 12.8. The van der Waals surface area contributed by atoms with Crippen LogP contribution in [0.2, 0.25) is 0 Å². The molecule has 6 rings (SSSR count). The van der Waals surface area contributed by atoms with Crippen molar-refractivity contribution in [2.24, 2.45) is 16.7 Å². The SMILES string of the molecule is C[C@H](O)C1OC(=O)C=C2C13OC3C1OC(=O)[C@]3(C)C1[C@]2(C)C1OC1[C@@H]3O. The van der Waals surface area contributed by atoms with Crippen molar-refractivity contribution in [1.82, 2.24) is 0 Å². The number of cyclic esters (lactones) is 1. The smallest absolute Gasteiger partial charge is 0.331 e. The number of ether oxygens (including phenoxy) is 4. The normalized spacial score (nSPS) is 61.9. The van der Waals surface area contributed by atoms with E-state index in [0.29, 0.717) is 5.57 Å². The van der Waals surface area contributed by atoms with Gasteiger partial charge in [-0.25, -0.2) is 4.79 Å². The Hall–Kier alpha value is -1.48. The summed E-state index contributed by atoms with van der Waals surface area (Å²) in [5.41, 5.74) is -2.16. The van der Waals surface area contributed by atoms with E-state index in [9.17, 15) is 19.8 Å². The minimum Gasteiger partial charge on any atom is -0.459 e. The number of aliphatic hydroxyl groups excluding tert-OH is 2. The lowest BCUT2D eigenvalue weighted by molar-refractivity contribution is -0.158. The fourth-order valence-electron chi connectivity index (χ4n) is 6.57. The van der Waals surface area contributed by atoms with Gasteiger partial charge < -0.3 is 29.2 Å². The van der Waals surface area contributed by atoms with E-state index in [-0.39, 0.29) is 12.0 Å². The zero-order valence-electron chi connectivity index (χ0n) is 14.5. The van der Waals surface area contributed by atoms with Crippen molar-refractivity contribution in [3.63, 3.8) is 0 Å². The van der Waals surface area contributed by atoms with Crippen LogP contribution < -0.4 is 0 Å². The molecule has 0 aromatic carbocycles. The average molecular weight is 364 g/mol. The summed E-state index contributed by atoms with van der Waals surface area (Å²) in [6, 6.07) is 0. The van der Waals surface area contributed by atoms with Gasteiger partial charge in [-0.2, -0.15) is 0 Å². The molecule has 140 valence electrons. The maximum atomic E-state index is 12.8. The van der Waals surface area contributed by atoms with E-state index in [4.69, 9.17) is 18.9 Å². The van der Waals surface area contributed by atoms with Crippen LogP contribution >= 0.6 is 0 Å². The van der Waals surface area contributed by atoms with Gasteiger partial charge in [0.05, 0.1) is 18.3 Å². The zero-order valence-corrected chi connectivity index (χ0v) is 14.5. The Bertz CT molecular complexity index is 805. The molecule has 4 aliphatic heterocycles. The molecule has 2 saturated carbocycles. The highest BCUT2D eigenvalue weighted by Gasteiger charge is 2.89. The Kier molecular flexibility index (Phi) is 2.40. The van der Waals surface area contributed by atoms with Crippen LogP contribution in [0.1, 0.15) is 20.8 Å². The Morgan fingerprint density at radius 1 is 1.12 bits per heavy atom. The summed E-state index contributed by atoms with van der Waals surface area (Å²) in [5.74, 6) is -1.39. The molecule has 8 nitrogen and oxygen atoms in total. The van der Waals surface area contributed by atoms with Gasteiger partial charge in [0.25, 0.3) is 0 Å². The van der Waals surface area contributed by atoms with E-state index in [1.54, 1.807) is 13.8 Å². The monoisotopic (exact) mass is 364 g/mol. The maximum Gasteiger partial charge on any atom is 0.331 e. The largest absolute Gasteiger partial charge is 0.459 e. The van der Waals surface area contributed by atoms with Crippen molar-refractivity contribution >= 4 is 11.9 Å². The fourth-order valence-corrected chi connectivity index (χ4v) is 6.57. The summed E-state index contributed by atoms with van der Waals surface area (Å²) in [6.45, 7) is 5.21. The molecule has 8 heteroatoms. The van der Waals surface area contributed by atoms with Gasteiger partial charge in [0.15, 0.2) is 11.7 Å². The predicted octanol–water partition coefficient (Wildman–Crippen LogP) is -0.934. The van der Waals surface area contributed by atoms with Crippen molar-refractivity contribution in [2.75, 3.05) is 0 Å². The lowest BCUT2D eigenvalue weighted by Gasteiger charge is -2.53. The first-order valence-corrected chi connectivity index (χ1v) is 9.02. The van der Waals surface area contributed by atoms with Gasteiger partial charge in [0.1, 0.15) is 23.7 Å². The van der Waals surface area contributed by atoms with Crippen molar-refractivity contribution in [3.8, 4) is 0 Å². The second-order valence-electron chi connectivity index (χ2n) is 8.87. The third-order valence-corrected chi connectivity index (χ3v) is 7.70. The number of carbonyl (C=O) groups excluding carboxylic acids is 2. The van der Waals surface area contributed by atoms with Crippen LogP contribution in [0.25, 0.3) is 0 Å². The first-order valence-electron chi connectivity index (χ1n) is 9.02. The highest BCUT2D eigenvalue weighted by Crippen LogP contribution is 2.75. The Morgan fingerprint density at radius 3 is 2.54 bits per heavy atom. The quantitative estimate of drug-likeness (QED) is 0.452. The van der Waals surface area contributed by atoms with Crippen LogP contribution in [0.15, 0.2) is 11.6 Å². The van der Waals surface area contributed by atoms with E-state index >= 15 is 0 Å². The molecule has 0 amide bonds. The predicted molar refractivity (Wildman–Crippen MR) is 81.5 cm³/mol. The molecule has 4 heterocycles. The summed E-state index contributed by atoms with van der Waals surface area (Å²) in [6.07, 6.45) is -3.24. The van der Waals surface area contributed by atoms with E-state index in [2.05, 4.69) is 0 Å². The lowest BCUT2D eigenvalue weighted by Crippen LogP contribution is -2.66. The first kappa shape index (κ1) is 15.6. The number of epoxide rings is 2. The molecule has 1 spiro atoms. The van der Waals surface area contributed by atoms with Gasteiger partial charge in [-0.3, -0.25) is 4.79 Å². The molecule has 0 aromatic heterocycles. The molecule has 6 aliphatic rings. The highest BCUT2D eigenvalue weighted by atomic mass is 16.7. The number of esters is 2. The number of rotatable bonds is 1. The van der Waals surface area contributed by atoms with Crippen LogP contribution in [-0.4, -0.2) is 70.5 Å². The molecule has 5 fully saturated rings. The van der Waals surface area contributed by atoms with E-state index < -0.39 is 65.0 Å². The molecule has 2 N–H and O–H groups in total. The molecular formula is C18H20O8. The van der Waals surface area contributed by atoms with Crippen molar-refractivity contribution < 1.29 is 38.7 Å². The van der Waals surface area contributed by atoms with E-state index in [1.165, 1.54) is 6.08 Å². The molecule has 2 aliphatic carbocycles. The first-order chi connectivity index (χ1) is 12.2. The third kappa shape index (κ3) is 1.30. The third-order valence-electron chi connectivity index (χ3n) is 7.70. The number of hydrogen-bond donors (Lipinski definition) is 2. The minimum atomic E-state index is -1.13. The minimum absolute atomic E-state index is 0.332. The van der Waals surface area contributed by atoms with Crippen molar-refractivity contribution in [1.29, 1.82) is 0 Å². The summed E-state index contributed by atoms with van der Waals surface area (Å²) in [7, 11) is 0. The number of fused-ring (bicyclic) bond motifs is 4. The van der Waals surface area contributed by atoms with Crippen molar-refractivity contribution in [2.45, 2.75) is 69.1 Å². The second kappa shape index (κ2) is 4.01. The molecule has 3 saturated heterocycles. The van der Waals surface area contributed by atoms with Gasteiger partial charge in [-0.05, 0) is 19.4 Å². The standard InChI is InChI=1S/C18H20O8/c1-5(19)12-18-6(4-7(20)23-12)16(2)10-8(14(18)26-18)25-15(22)17(10,3)11(21)9-13(16)24-9/h4-5,8-14,19,21H,1-3H3/t5-,8?,9?,10?,11-,12?,13?,14?,16+,17+,18?/m0/s1. The van der Waals surface area contributed by atoms with E-state index in [1.807, 2.05) is 6.92 Å². The average Bonchev–Trinajstić information content (AvgIpc) is 3.46. The Morgan fingerprint density at radius 2 is 1.85 bits per heavy atom. The van der Waals surface area contributed by atoms with Crippen LogP contribution in [0, 0.1) is 16.7 Å². The summed E-state index contributed by atoms with van der Waals surface area (Å²) >= 11 is 0. The van der Waals surface area contributed by atoms with Gasteiger partial charge in [-0.15, -0.1) is 0 Å². The molecule has 26 heavy (non-hydrogen) atoms. The second-order valence-corrected chi connectivity index (χ2v) is 8.87. The Labute approximate surface area is 149 Å². The van der Waals surface area contributed by atoms with E-state index in [0.717, 1.165) is 0 Å². The van der Waals surface area contributed by atoms with Crippen LogP contribution in [0.3, 0.4) is 0 Å². The number of aliphatic hydroxyl groups is 2. The van der Waals surface area contributed by atoms with Crippen LogP contribution in [0.5, 0.6) is 0 Å². The summed E-state index contributed by atoms with van der Waals surface area (Å²) in [4.78, 5) is 25.0. The van der Waals surface area contributed by atoms with Crippen LogP contribution in [0.4, 0.5) is 0 Å². The molecule has 11 atom stereocenters.